The minimum atomic E-state index is -1.48. The molecule has 2 aromatic carbocycles. The van der Waals surface area contributed by atoms with Crippen molar-refractivity contribution in [2.24, 2.45) is 0 Å². The minimum Gasteiger partial charge on any atom is -0.204 e. The van der Waals surface area contributed by atoms with Crippen molar-refractivity contribution in [3.05, 3.63) is 58.4 Å². The van der Waals surface area contributed by atoms with E-state index in [1.807, 2.05) is 6.07 Å². The van der Waals surface area contributed by atoms with Gasteiger partial charge in [0.05, 0.1) is 11.6 Å². The molecule has 0 saturated heterocycles. The van der Waals surface area contributed by atoms with Gasteiger partial charge < -0.3 is 0 Å². The standard InChI is InChI=1S/C15H10F3N/c1-8-3-10(7-19)4-9(2)14(8)11-5-12(16)15(18)13(17)6-11/h3-6H,1-2H3. The molecule has 0 spiro atoms. The first-order chi connectivity index (χ1) is 8.93. The number of nitrogens with zero attached hydrogens (tertiary/aromatic N) is 1. The Morgan fingerprint density at radius 3 is 1.79 bits per heavy atom. The van der Waals surface area contributed by atoms with Crippen LogP contribution in [0.5, 0.6) is 0 Å². The molecule has 0 heterocycles. The maximum absolute atomic E-state index is 13.3. The van der Waals surface area contributed by atoms with Gasteiger partial charge in [0.2, 0.25) is 0 Å². The first kappa shape index (κ1) is 13.2. The van der Waals surface area contributed by atoms with Crippen molar-refractivity contribution in [2.45, 2.75) is 13.8 Å². The third-order valence-corrected chi connectivity index (χ3v) is 2.93. The van der Waals surface area contributed by atoms with Crippen molar-refractivity contribution in [2.75, 3.05) is 0 Å². The molecule has 2 aromatic rings. The summed E-state index contributed by atoms with van der Waals surface area (Å²) in [6.07, 6.45) is 0. The van der Waals surface area contributed by atoms with Crippen molar-refractivity contribution in [3.63, 3.8) is 0 Å². The normalized spacial score (nSPS) is 10.3. The van der Waals surface area contributed by atoms with Crippen molar-refractivity contribution >= 4 is 0 Å². The Morgan fingerprint density at radius 2 is 1.37 bits per heavy atom. The third-order valence-electron chi connectivity index (χ3n) is 2.93. The van der Waals surface area contributed by atoms with Crippen molar-refractivity contribution in [1.82, 2.24) is 0 Å². The van der Waals surface area contributed by atoms with Crippen LogP contribution in [-0.4, -0.2) is 0 Å². The molecule has 1 nitrogen and oxygen atoms in total. The van der Waals surface area contributed by atoms with Crippen molar-refractivity contribution in [3.8, 4) is 17.2 Å². The second-order valence-electron chi connectivity index (χ2n) is 4.35. The van der Waals surface area contributed by atoms with E-state index in [2.05, 4.69) is 0 Å². The van der Waals surface area contributed by atoms with Crippen LogP contribution >= 0.6 is 0 Å². The number of nitriles is 1. The van der Waals surface area contributed by atoms with Gasteiger partial charge in [0, 0.05) is 0 Å². The van der Waals surface area contributed by atoms with E-state index in [1.165, 1.54) is 0 Å². The van der Waals surface area contributed by atoms with Crippen LogP contribution in [0.3, 0.4) is 0 Å². The summed E-state index contributed by atoms with van der Waals surface area (Å²) in [7, 11) is 0. The lowest BCUT2D eigenvalue weighted by Gasteiger charge is -2.11. The number of rotatable bonds is 1. The zero-order chi connectivity index (χ0) is 14.2. The van der Waals surface area contributed by atoms with E-state index in [1.54, 1.807) is 26.0 Å². The molecule has 2 rings (SSSR count). The van der Waals surface area contributed by atoms with E-state index in [-0.39, 0.29) is 5.56 Å². The SMILES string of the molecule is Cc1cc(C#N)cc(C)c1-c1cc(F)c(F)c(F)c1. The number of hydrogen-bond donors (Lipinski definition) is 0. The second-order valence-corrected chi connectivity index (χ2v) is 4.35. The summed E-state index contributed by atoms with van der Waals surface area (Å²) in [4.78, 5) is 0. The predicted octanol–water partition coefficient (Wildman–Crippen LogP) is 4.26. The average Bonchev–Trinajstić information content (AvgIpc) is 2.34. The Bertz CT molecular complexity index is 653. The molecule has 0 aromatic heterocycles. The van der Waals surface area contributed by atoms with Gasteiger partial charge in [-0.25, -0.2) is 13.2 Å². The summed E-state index contributed by atoms with van der Waals surface area (Å²) in [5, 5.41) is 8.85. The fourth-order valence-electron chi connectivity index (χ4n) is 2.18. The summed E-state index contributed by atoms with van der Waals surface area (Å²) < 4.78 is 39.5. The summed E-state index contributed by atoms with van der Waals surface area (Å²) >= 11 is 0. The molecule has 0 bridgehead atoms. The molecule has 0 saturated carbocycles. The molecule has 0 atom stereocenters. The third kappa shape index (κ3) is 2.32. The lowest BCUT2D eigenvalue weighted by atomic mass is 9.93. The molecule has 96 valence electrons. The van der Waals surface area contributed by atoms with Gasteiger partial charge in [-0.3, -0.25) is 0 Å². The molecule has 19 heavy (non-hydrogen) atoms. The Morgan fingerprint density at radius 1 is 0.895 bits per heavy atom. The maximum Gasteiger partial charge on any atom is 0.194 e. The highest BCUT2D eigenvalue weighted by atomic mass is 19.2. The van der Waals surface area contributed by atoms with Crippen molar-refractivity contribution in [1.29, 1.82) is 5.26 Å². The van der Waals surface area contributed by atoms with Gasteiger partial charge in [-0.15, -0.1) is 0 Å². The molecule has 0 radical (unpaired) electrons. The summed E-state index contributed by atoms with van der Waals surface area (Å²) in [5.74, 6) is -3.93. The highest BCUT2D eigenvalue weighted by Crippen LogP contribution is 2.30. The topological polar surface area (TPSA) is 23.8 Å². The van der Waals surface area contributed by atoms with Gasteiger partial charge in [-0.1, -0.05) is 0 Å². The highest BCUT2D eigenvalue weighted by molar-refractivity contribution is 5.72. The van der Waals surface area contributed by atoms with Gasteiger partial charge in [0.15, 0.2) is 17.5 Å². The van der Waals surface area contributed by atoms with E-state index in [4.69, 9.17) is 5.26 Å². The van der Waals surface area contributed by atoms with E-state index in [0.29, 0.717) is 22.3 Å². The van der Waals surface area contributed by atoms with Crippen LogP contribution in [0.4, 0.5) is 13.2 Å². The molecular weight excluding hydrogens is 251 g/mol. The first-order valence-electron chi connectivity index (χ1n) is 5.60. The summed E-state index contributed by atoms with van der Waals surface area (Å²) in [6.45, 7) is 3.48. The van der Waals surface area contributed by atoms with Gasteiger partial charge >= 0.3 is 0 Å². The monoisotopic (exact) mass is 261 g/mol. The average molecular weight is 261 g/mol. The molecule has 0 unspecified atom stereocenters. The fourth-order valence-corrected chi connectivity index (χ4v) is 2.18. The molecular formula is C15H10F3N. The smallest absolute Gasteiger partial charge is 0.194 e. The predicted molar refractivity (Wildman–Crippen MR) is 65.9 cm³/mol. The lowest BCUT2D eigenvalue weighted by Crippen LogP contribution is -1.95. The van der Waals surface area contributed by atoms with Gasteiger partial charge in [-0.2, -0.15) is 5.26 Å². The fraction of sp³-hybridized carbons (Fsp3) is 0.133. The maximum atomic E-state index is 13.3. The number of benzene rings is 2. The highest BCUT2D eigenvalue weighted by Gasteiger charge is 2.14. The van der Waals surface area contributed by atoms with E-state index in [9.17, 15) is 13.2 Å². The Labute approximate surface area is 108 Å². The summed E-state index contributed by atoms with van der Waals surface area (Å²) in [5.41, 5.74) is 2.76. The van der Waals surface area contributed by atoms with Crippen molar-refractivity contribution < 1.29 is 13.2 Å². The second kappa shape index (κ2) is 4.77. The number of halogens is 3. The van der Waals surface area contributed by atoms with Crippen LogP contribution in [0, 0.1) is 42.6 Å². The van der Waals surface area contributed by atoms with Gasteiger partial charge in [-0.05, 0) is 60.4 Å². The quantitative estimate of drug-likeness (QED) is 0.704. The van der Waals surface area contributed by atoms with E-state index >= 15 is 0 Å². The van der Waals surface area contributed by atoms with Gasteiger partial charge in [0.1, 0.15) is 0 Å². The van der Waals surface area contributed by atoms with E-state index in [0.717, 1.165) is 12.1 Å². The zero-order valence-corrected chi connectivity index (χ0v) is 10.4. The molecule has 0 aliphatic heterocycles. The van der Waals surface area contributed by atoms with E-state index < -0.39 is 17.5 Å². The van der Waals surface area contributed by atoms with Crippen LogP contribution < -0.4 is 0 Å². The Hall–Kier alpha value is -2.28. The number of aryl methyl sites for hydroxylation is 2. The van der Waals surface area contributed by atoms with Gasteiger partial charge in [0.25, 0.3) is 0 Å². The molecule has 4 heteroatoms. The minimum absolute atomic E-state index is 0.260. The van der Waals surface area contributed by atoms with Crippen LogP contribution in [0.1, 0.15) is 16.7 Å². The Balaban J connectivity index is 2.70. The van der Waals surface area contributed by atoms with Crippen LogP contribution in [0.15, 0.2) is 24.3 Å². The molecule has 0 aliphatic carbocycles. The summed E-state index contributed by atoms with van der Waals surface area (Å²) in [6, 6.07) is 7.18. The zero-order valence-electron chi connectivity index (χ0n) is 10.4. The molecule has 0 N–H and O–H groups in total. The molecule has 0 fully saturated rings. The number of hydrogen-bond acceptors (Lipinski definition) is 1. The van der Waals surface area contributed by atoms with Crippen LogP contribution in [0.25, 0.3) is 11.1 Å². The molecule has 0 amide bonds. The Kier molecular flexibility index (Phi) is 3.30. The van der Waals surface area contributed by atoms with Crippen LogP contribution in [0.2, 0.25) is 0 Å². The largest absolute Gasteiger partial charge is 0.204 e. The first-order valence-corrected chi connectivity index (χ1v) is 5.60. The molecule has 0 aliphatic rings. The van der Waals surface area contributed by atoms with Crippen LogP contribution in [-0.2, 0) is 0 Å². The lowest BCUT2D eigenvalue weighted by molar-refractivity contribution is 0.447.